The molecule has 0 bridgehead atoms. The molecule has 0 aliphatic carbocycles. The van der Waals surface area contributed by atoms with Gasteiger partial charge in [0.05, 0.1) is 0 Å². The Balaban J connectivity index is 1.69. The molecule has 7 heteroatoms. The van der Waals surface area contributed by atoms with Crippen molar-refractivity contribution in [3.63, 3.8) is 0 Å². The maximum atomic E-state index is 12.1. The lowest BCUT2D eigenvalue weighted by Crippen LogP contribution is -2.26. The van der Waals surface area contributed by atoms with Gasteiger partial charge in [-0.05, 0) is 45.0 Å². The number of likely N-dealkylation sites (N-methyl/N-ethyl adjacent to an activating group) is 1. The summed E-state index contributed by atoms with van der Waals surface area (Å²) in [5.74, 6) is 0.987. The highest BCUT2D eigenvalue weighted by Crippen LogP contribution is 2.22. The minimum atomic E-state index is -0.355. The molecule has 1 aromatic heterocycles. The molecule has 128 valence electrons. The second kappa shape index (κ2) is 7.55. The van der Waals surface area contributed by atoms with Gasteiger partial charge < -0.3 is 19.9 Å². The molecule has 0 saturated carbocycles. The van der Waals surface area contributed by atoms with Gasteiger partial charge in [0.15, 0.2) is 5.82 Å². The number of benzene rings is 1. The number of ether oxygens (including phenoxy) is 1. The van der Waals surface area contributed by atoms with Crippen LogP contribution in [0.1, 0.15) is 25.6 Å². The zero-order valence-corrected chi connectivity index (χ0v) is 13.9. The quantitative estimate of drug-likeness (QED) is 0.842. The zero-order valence-electron chi connectivity index (χ0n) is 13.9. The van der Waals surface area contributed by atoms with E-state index >= 15 is 0 Å². The third-order valence-corrected chi connectivity index (χ3v) is 4.05. The Labute approximate surface area is 140 Å². The second-order valence-corrected chi connectivity index (χ2v) is 5.98. The van der Waals surface area contributed by atoms with E-state index in [9.17, 15) is 4.79 Å². The van der Waals surface area contributed by atoms with E-state index in [1.54, 1.807) is 0 Å². The fraction of sp³-hybridized carbons (Fsp3) is 0.471. The summed E-state index contributed by atoms with van der Waals surface area (Å²) in [5.41, 5.74) is 1.47. The number of hydrogen-bond acceptors (Lipinski definition) is 6. The highest BCUT2D eigenvalue weighted by Gasteiger charge is 2.23. The Morgan fingerprint density at radius 3 is 3.08 bits per heavy atom. The van der Waals surface area contributed by atoms with Gasteiger partial charge in [-0.1, -0.05) is 11.2 Å². The van der Waals surface area contributed by atoms with E-state index in [1.165, 1.54) is 0 Å². The van der Waals surface area contributed by atoms with Crippen molar-refractivity contribution in [3.05, 3.63) is 30.1 Å². The molecule has 2 atom stereocenters. The predicted octanol–water partition coefficient (Wildman–Crippen LogP) is 2.00. The Morgan fingerprint density at radius 1 is 1.46 bits per heavy atom. The minimum absolute atomic E-state index is 0.112. The van der Waals surface area contributed by atoms with Crippen LogP contribution < -0.4 is 10.6 Å². The minimum Gasteiger partial charge on any atom is -0.368 e. The maximum absolute atomic E-state index is 12.1. The first-order valence-electron chi connectivity index (χ1n) is 8.18. The van der Waals surface area contributed by atoms with E-state index < -0.39 is 0 Å². The van der Waals surface area contributed by atoms with E-state index in [0.717, 1.165) is 18.4 Å². The highest BCUT2D eigenvalue weighted by atomic mass is 16.5. The van der Waals surface area contributed by atoms with E-state index in [1.807, 2.05) is 31.3 Å². The molecule has 2 heterocycles. The number of hydrogen-bond donors (Lipinski definition) is 2. The van der Waals surface area contributed by atoms with E-state index in [4.69, 9.17) is 9.26 Å². The van der Waals surface area contributed by atoms with Gasteiger partial charge in [-0.15, -0.1) is 0 Å². The number of carbonyl (C=O) groups is 1. The van der Waals surface area contributed by atoms with Crippen LogP contribution in [0.25, 0.3) is 11.5 Å². The van der Waals surface area contributed by atoms with Gasteiger partial charge in [-0.25, -0.2) is 0 Å². The molecular formula is C17H22N4O3. The number of amides is 1. The number of rotatable bonds is 6. The molecule has 3 rings (SSSR count). The summed E-state index contributed by atoms with van der Waals surface area (Å²) < 4.78 is 10.7. The van der Waals surface area contributed by atoms with Gasteiger partial charge in [-0.3, -0.25) is 4.79 Å². The molecule has 1 aliphatic rings. The second-order valence-electron chi connectivity index (χ2n) is 5.98. The molecular weight excluding hydrogens is 308 g/mol. The molecule has 2 aromatic rings. The SMILES string of the molecule is CNC(C)Cc1noc(-c2cccc(NC(=O)C3CCCO3)c2)n1. The summed E-state index contributed by atoms with van der Waals surface area (Å²) in [6, 6.07) is 7.65. The van der Waals surface area contributed by atoms with E-state index in [0.29, 0.717) is 30.4 Å². The normalized spacial score (nSPS) is 18.5. The van der Waals surface area contributed by atoms with Crippen LogP contribution in [0.5, 0.6) is 0 Å². The lowest BCUT2D eigenvalue weighted by molar-refractivity contribution is -0.124. The smallest absolute Gasteiger partial charge is 0.257 e. The number of nitrogens with one attached hydrogen (secondary N) is 2. The monoisotopic (exact) mass is 330 g/mol. The van der Waals surface area contributed by atoms with Crippen LogP contribution in [0.2, 0.25) is 0 Å². The van der Waals surface area contributed by atoms with Crippen LogP contribution in [-0.2, 0) is 16.0 Å². The zero-order chi connectivity index (χ0) is 16.9. The average Bonchev–Trinajstić information content (AvgIpc) is 3.27. The molecule has 1 fully saturated rings. The van der Waals surface area contributed by atoms with Crippen molar-refractivity contribution in [2.24, 2.45) is 0 Å². The van der Waals surface area contributed by atoms with Crippen molar-refractivity contribution in [2.75, 3.05) is 19.0 Å². The third-order valence-electron chi connectivity index (χ3n) is 4.05. The fourth-order valence-corrected chi connectivity index (χ4v) is 2.57. The molecule has 0 radical (unpaired) electrons. The van der Waals surface area contributed by atoms with Gasteiger partial charge in [-0.2, -0.15) is 4.98 Å². The van der Waals surface area contributed by atoms with Gasteiger partial charge >= 0.3 is 0 Å². The predicted molar refractivity (Wildman–Crippen MR) is 89.6 cm³/mol. The van der Waals surface area contributed by atoms with E-state index in [2.05, 4.69) is 27.7 Å². The first-order chi connectivity index (χ1) is 11.7. The van der Waals surface area contributed by atoms with Gasteiger partial charge in [0.2, 0.25) is 0 Å². The van der Waals surface area contributed by atoms with Crippen molar-refractivity contribution >= 4 is 11.6 Å². The summed E-state index contributed by atoms with van der Waals surface area (Å²) in [5, 5.41) is 10.0. The molecule has 1 aliphatic heterocycles. The van der Waals surface area contributed by atoms with Gasteiger partial charge in [0.1, 0.15) is 6.10 Å². The molecule has 0 spiro atoms. The van der Waals surface area contributed by atoms with Crippen molar-refractivity contribution in [1.29, 1.82) is 0 Å². The van der Waals surface area contributed by atoms with Crippen molar-refractivity contribution in [1.82, 2.24) is 15.5 Å². The molecule has 1 aromatic carbocycles. The topological polar surface area (TPSA) is 89.3 Å². The molecule has 2 N–H and O–H groups in total. The van der Waals surface area contributed by atoms with Crippen LogP contribution in [0.4, 0.5) is 5.69 Å². The maximum Gasteiger partial charge on any atom is 0.257 e. The van der Waals surface area contributed by atoms with Crippen molar-refractivity contribution < 1.29 is 14.1 Å². The van der Waals surface area contributed by atoms with Crippen LogP contribution >= 0.6 is 0 Å². The first kappa shape index (κ1) is 16.6. The molecule has 1 amide bonds. The number of anilines is 1. The van der Waals surface area contributed by atoms with Crippen molar-refractivity contribution in [2.45, 2.75) is 38.3 Å². The van der Waals surface area contributed by atoms with Crippen LogP contribution in [0.15, 0.2) is 28.8 Å². The Kier molecular flexibility index (Phi) is 5.22. The summed E-state index contributed by atoms with van der Waals surface area (Å²) in [6.07, 6.45) is 2.03. The molecule has 24 heavy (non-hydrogen) atoms. The highest BCUT2D eigenvalue weighted by molar-refractivity contribution is 5.94. The van der Waals surface area contributed by atoms with Gasteiger partial charge in [0, 0.05) is 30.3 Å². The Morgan fingerprint density at radius 2 is 2.33 bits per heavy atom. The van der Waals surface area contributed by atoms with Crippen LogP contribution in [0, 0.1) is 0 Å². The first-order valence-corrected chi connectivity index (χ1v) is 8.18. The third kappa shape index (κ3) is 3.98. The van der Waals surface area contributed by atoms with Crippen LogP contribution in [-0.4, -0.2) is 41.8 Å². The average molecular weight is 330 g/mol. The summed E-state index contributed by atoms with van der Waals surface area (Å²) >= 11 is 0. The lowest BCUT2D eigenvalue weighted by Gasteiger charge is -2.10. The molecule has 2 unspecified atom stereocenters. The van der Waals surface area contributed by atoms with Crippen LogP contribution in [0.3, 0.4) is 0 Å². The summed E-state index contributed by atoms with van der Waals surface area (Å²) in [4.78, 5) is 16.5. The number of nitrogens with zero attached hydrogens (tertiary/aromatic N) is 2. The van der Waals surface area contributed by atoms with Gasteiger partial charge in [0.25, 0.3) is 11.8 Å². The van der Waals surface area contributed by atoms with E-state index in [-0.39, 0.29) is 18.1 Å². The standard InChI is InChI=1S/C17H22N4O3/c1-11(18-2)9-15-20-17(24-21-15)12-5-3-6-13(10-12)19-16(22)14-7-4-8-23-14/h3,5-6,10-11,14,18H,4,7-9H2,1-2H3,(H,19,22). The number of aromatic nitrogens is 2. The summed E-state index contributed by atoms with van der Waals surface area (Å²) in [6.45, 7) is 2.70. The Bertz CT molecular complexity index is 695. The Hall–Kier alpha value is -2.25. The summed E-state index contributed by atoms with van der Waals surface area (Å²) in [7, 11) is 1.89. The molecule has 1 saturated heterocycles. The fourth-order valence-electron chi connectivity index (χ4n) is 2.57. The largest absolute Gasteiger partial charge is 0.368 e. The number of carbonyl (C=O) groups excluding carboxylic acids is 1. The lowest BCUT2D eigenvalue weighted by atomic mass is 10.2. The molecule has 7 nitrogen and oxygen atoms in total. The van der Waals surface area contributed by atoms with Crippen molar-refractivity contribution in [3.8, 4) is 11.5 Å².